The minimum Gasteiger partial charge on any atom is -0.496 e. The molecule has 1 aromatic heterocycles. The van der Waals surface area contributed by atoms with Crippen molar-refractivity contribution in [2.24, 2.45) is 0 Å². The van der Waals surface area contributed by atoms with Crippen molar-refractivity contribution in [3.63, 3.8) is 0 Å². The molecule has 0 fully saturated rings. The molecule has 0 bridgehead atoms. The number of para-hydroxylation sites is 1. The number of carbonyl (C=O) groups is 1. The van der Waals surface area contributed by atoms with E-state index in [0.29, 0.717) is 41.1 Å². The quantitative estimate of drug-likeness (QED) is 0.128. The molecule has 0 saturated carbocycles. The van der Waals surface area contributed by atoms with E-state index in [0.717, 1.165) is 29.8 Å². The zero-order valence-electron chi connectivity index (χ0n) is 23.7. The van der Waals surface area contributed by atoms with E-state index in [1.807, 2.05) is 51.1 Å². The van der Waals surface area contributed by atoms with Gasteiger partial charge in [-0.3, -0.25) is 4.79 Å². The number of anilines is 2. The smallest absolute Gasteiger partial charge is 0.360 e. The van der Waals surface area contributed by atoms with E-state index in [-0.39, 0.29) is 5.69 Å². The first kappa shape index (κ1) is 28.5. The van der Waals surface area contributed by atoms with Gasteiger partial charge in [0.15, 0.2) is 0 Å². The maximum atomic E-state index is 13.0. The lowest BCUT2D eigenvalue weighted by Gasteiger charge is -2.19. The van der Waals surface area contributed by atoms with Crippen LogP contribution in [0, 0.1) is 6.92 Å². The van der Waals surface area contributed by atoms with Gasteiger partial charge in [-0.05, 0) is 87.7 Å². The average molecular weight is 541 g/mol. The van der Waals surface area contributed by atoms with Gasteiger partial charge < -0.3 is 24.1 Å². The number of hydrogen-bond acceptors (Lipinski definition) is 6. The van der Waals surface area contributed by atoms with Gasteiger partial charge in [0, 0.05) is 35.8 Å². The van der Waals surface area contributed by atoms with Crippen molar-refractivity contribution in [1.29, 1.82) is 0 Å². The molecule has 0 aliphatic heterocycles. The number of methoxy groups -OCH3 is 1. The van der Waals surface area contributed by atoms with Crippen LogP contribution >= 0.6 is 0 Å². The summed E-state index contributed by atoms with van der Waals surface area (Å²) in [5.41, 5.74) is 4.28. The predicted molar refractivity (Wildman–Crippen MR) is 161 cm³/mol. The Morgan fingerprint density at radius 3 is 2.50 bits per heavy atom. The molecule has 1 amide bonds. The molecule has 1 heterocycles. The highest BCUT2D eigenvalue weighted by Gasteiger charge is 2.15. The maximum Gasteiger partial charge on any atom is 0.360 e. The standard InChI is InChI=1S/C33H36N2O5/c1-22(2)12-13-24-20-26(15-17-30(24)38-5)32(36)34-28-21-25-14-16-29(23(3)31(25)40-33(28)37)39-19-9-18-35(4)27-10-7-6-8-11-27/h6-8,10-12,14-17,20-21H,9,13,18-19H2,1-5H3,(H,34,36). The molecule has 3 aromatic carbocycles. The van der Waals surface area contributed by atoms with Crippen molar-refractivity contribution >= 4 is 28.3 Å². The zero-order valence-corrected chi connectivity index (χ0v) is 23.7. The Labute approximate surface area is 235 Å². The first-order valence-electron chi connectivity index (χ1n) is 13.3. The van der Waals surface area contributed by atoms with Gasteiger partial charge >= 0.3 is 5.63 Å². The second-order valence-corrected chi connectivity index (χ2v) is 9.98. The number of ether oxygens (including phenoxy) is 2. The fourth-order valence-corrected chi connectivity index (χ4v) is 4.43. The van der Waals surface area contributed by atoms with Crippen LogP contribution in [0.5, 0.6) is 11.5 Å². The number of aryl methyl sites for hydroxylation is 1. The Balaban J connectivity index is 1.44. The van der Waals surface area contributed by atoms with Crippen molar-refractivity contribution in [3.8, 4) is 11.5 Å². The molecule has 0 spiro atoms. The van der Waals surface area contributed by atoms with Crippen molar-refractivity contribution in [1.82, 2.24) is 0 Å². The number of benzene rings is 3. The Morgan fingerprint density at radius 2 is 1.77 bits per heavy atom. The van der Waals surface area contributed by atoms with Crippen molar-refractivity contribution in [3.05, 3.63) is 105 Å². The summed E-state index contributed by atoms with van der Waals surface area (Å²) in [5.74, 6) is 0.970. The van der Waals surface area contributed by atoms with E-state index in [1.165, 1.54) is 5.57 Å². The third kappa shape index (κ3) is 6.91. The second-order valence-electron chi connectivity index (χ2n) is 9.98. The van der Waals surface area contributed by atoms with E-state index in [1.54, 1.807) is 31.4 Å². The van der Waals surface area contributed by atoms with Gasteiger partial charge in [0.1, 0.15) is 22.8 Å². The molecule has 0 radical (unpaired) electrons. The van der Waals surface area contributed by atoms with Gasteiger partial charge in [0.2, 0.25) is 0 Å². The van der Waals surface area contributed by atoms with E-state index < -0.39 is 11.5 Å². The summed E-state index contributed by atoms with van der Waals surface area (Å²) < 4.78 is 17.1. The highest BCUT2D eigenvalue weighted by molar-refractivity contribution is 6.05. The lowest BCUT2D eigenvalue weighted by Crippen LogP contribution is -2.20. The lowest BCUT2D eigenvalue weighted by atomic mass is 10.0. The minimum atomic E-state index is -0.621. The molecule has 4 rings (SSSR count). The van der Waals surface area contributed by atoms with Gasteiger partial charge in [-0.15, -0.1) is 0 Å². The van der Waals surface area contributed by atoms with Gasteiger partial charge in [-0.1, -0.05) is 29.8 Å². The van der Waals surface area contributed by atoms with Crippen LogP contribution in [-0.4, -0.2) is 33.2 Å². The first-order valence-corrected chi connectivity index (χ1v) is 13.3. The van der Waals surface area contributed by atoms with Crippen LogP contribution in [0.3, 0.4) is 0 Å². The Hall–Kier alpha value is -4.52. The monoisotopic (exact) mass is 540 g/mol. The van der Waals surface area contributed by atoms with Gasteiger partial charge in [0.05, 0.1) is 13.7 Å². The normalized spacial score (nSPS) is 10.7. The third-order valence-electron chi connectivity index (χ3n) is 6.71. The lowest BCUT2D eigenvalue weighted by molar-refractivity contribution is 0.102. The number of hydrogen-bond donors (Lipinski definition) is 1. The maximum absolute atomic E-state index is 13.0. The molecule has 1 N–H and O–H groups in total. The van der Waals surface area contributed by atoms with Crippen LogP contribution in [0.4, 0.5) is 11.4 Å². The number of nitrogens with zero attached hydrogens (tertiary/aromatic N) is 1. The number of allylic oxidation sites excluding steroid dienone is 2. The topological polar surface area (TPSA) is 81.0 Å². The molecular formula is C33H36N2O5. The zero-order chi connectivity index (χ0) is 28.6. The van der Waals surface area contributed by atoms with E-state index in [4.69, 9.17) is 13.9 Å². The summed E-state index contributed by atoms with van der Waals surface area (Å²) in [6, 6.07) is 20.7. The SMILES string of the molecule is COc1ccc(C(=O)Nc2cc3ccc(OCCCN(C)c4ccccc4)c(C)c3oc2=O)cc1CC=C(C)C. The van der Waals surface area contributed by atoms with Crippen molar-refractivity contribution < 1.29 is 18.7 Å². The third-order valence-corrected chi connectivity index (χ3v) is 6.71. The molecule has 7 heteroatoms. The summed E-state index contributed by atoms with van der Waals surface area (Å²) in [4.78, 5) is 28.0. The van der Waals surface area contributed by atoms with Gasteiger partial charge in [-0.2, -0.15) is 0 Å². The summed E-state index contributed by atoms with van der Waals surface area (Å²) in [5, 5.41) is 3.41. The fourth-order valence-electron chi connectivity index (χ4n) is 4.43. The van der Waals surface area contributed by atoms with Crippen LogP contribution in [0.1, 0.15) is 41.8 Å². The molecule has 0 unspecified atom stereocenters. The van der Waals surface area contributed by atoms with Crippen LogP contribution in [-0.2, 0) is 6.42 Å². The minimum absolute atomic E-state index is 0.0798. The molecule has 0 aliphatic carbocycles. The van der Waals surface area contributed by atoms with Crippen LogP contribution < -0.4 is 25.3 Å². The number of carbonyl (C=O) groups excluding carboxylic acids is 1. The number of amides is 1. The average Bonchev–Trinajstić information content (AvgIpc) is 2.96. The molecule has 7 nitrogen and oxygen atoms in total. The summed E-state index contributed by atoms with van der Waals surface area (Å²) in [7, 11) is 3.66. The molecule has 4 aromatic rings. The van der Waals surface area contributed by atoms with E-state index in [2.05, 4.69) is 35.5 Å². The second kappa shape index (κ2) is 13.0. The van der Waals surface area contributed by atoms with Gasteiger partial charge in [-0.25, -0.2) is 4.79 Å². The Kier molecular flexibility index (Phi) is 9.27. The van der Waals surface area contributed by atoms with E-state index in [9.17, 15) is 9.59 Å². The molecular weight excluding hydrogens is 504 g/mol. The highest BCUT2D eigenvalue weighted by atomic mass is 16.5. The number of fused-ring (bicyclic) bond motifs is 1. The Morgan fingerprint density at radius 1 is 1.02 bits per heavy atom. The van der Waals surface area contributed by atoms with Crippen LogP contribution in [0.2, 0.25) is 0 Å². The fraction of sp³-hybridized carbons (Fsp3) is 0.273. The van der Waals surface area contributed by atoms with E-state index >= 15 is 0 Å². The number of nitrogens with one attached hydrogen (secondary N) is 1. The summed E-state index contributed by atoms with van der Waals surface area (Å²) in [6.45, 7) is 7.27. The predicted octanol–water partition coefficient (Wildman–Crippen LogP) is 6.78. The number of rotatable bonds is 11. The highest BCUT2D eigenvalue weighted by Crippen LogP contribution is 2.28. The van der Waals surface area contributed by atoms with Crippen molar-refractivity contribution in [2.45, 2.75) is 33.6 Å². The first-order chi connectivity index (χ1) is 19.3. The van der Waals surface area contributed by atoms with Crippen LogP contribution in [0.25, 0.3) is 11.0 Å². The van der Waals surface area contributed by atoms with Gasteiger partial charge in [0.25, 0.3) is 5.91 Å². The Bertz CT molecular complexity index is 1570. The summed E-state index contributed by atoms with van der Waals surface area (Å²) >= 11 is 0. The largest absolute Gasteiger partial charge is 0.496 e. The molecule has 40 heavy (non-hydrogen) atoms. The summed E-state index contributed by atoms with van der Waals surface area (Å²) in [6.07, 6.45) is 3.54. The molecule has 0 aliphatic rings. The molecule has 0 saturated heterocycles. The molecule has 208 valence electrons. The van der Waals surface area contributed by atoms with Crippen LogP contribution in [0.15, 0.2) is 87.6 Å². The molecule has 0 atom stereocenters. The van der Waals surface area contributed by atoms with Crippen molar-refractivity contribution in [2.75, 3.05) is 37.5 Å².